The highest BCUT2D eigenvalue weighted by Gasteiger charge is 2.20. The third-order valence-corrected chi connectivity index (χ3v) is 3.38. The van der Waals surface area contributed by atoms with E-state index in [-0.39, 0.29) is 30.7 Å². The second-order valence-electron chi connectivity index (χ2n) is 5.18. The minimum absolute atomic E-state index is 0. The van der Waals surface area contributed by atoms with Gasteiger partial charge in [-0.3, -0.25) is 4.79 Å². The van der Waals surface area contributed by atoms with Crippen molar-refractivity contribution in [3.63, 3.8) is 0 Å². The van der Waals surface area contributed by atoms with Crippen LogP contribution < -0.4 is 15.5 Å². The third-order valence-electron chi connectivity index (χ3n) is 3.38. The zero-order chi connectivity index (χ0) is 13.5. The molecule has 4 nitrogen and oxygen atoms in total. The summed E-state index contributed by atoms with van der Waals surface area (Å²) < 4.78 is 0. The van der Waals surface area contributed by atoms with Crippen molar-refractivity contribution in [1.29, 1.82) is 0 Å². The maximum atomic E-state index is 11.6. The van der Waals surface area contributed by atoms with Crippen molar-refractivity contribution in [3.8, 4) is 0 Å². The van der Waals surface area contributed by atoms with E-state index in [1.165, 1.54) is 18.5 Å². The highest BCUT2D eigenvalue weighted by molar-refractivity contribution is 5.85. The minimum atomic E-state index is 0. The van der Waals surface area contributed by atoms with Crippen LogP contribution in [0.2, 0.25) is 0 Å². The molecular formula is C15H25Cl2N3O. The molecule has 2 rings (SSSR count). The number of nitrogens with zero attached hydrogens (tertiary/aromatic N) is 1. The molecule has 1 aromatic carbocycles. The van der Waals surface area contributed by atoms with Crippen molar-refractivity contribution in [3.05, 3.63) is 30.3 Å². The van der Waals surface area contributed by atoms with Gasteiger partial charge in [0.25, 0.3) is 0 Å². The summed E-state index contributed by atoms with van der Waals surface area (Å²) in [5, 5.41) is 6.13. The van der Waals surface area contributed by atoms with Crippen LogP contribution in [-0.2, 0) is 4.79 Å². The first-order chi connectivity index (χ1) is 9.25. The van der Waals surface area contributed by atoms with Crippen molar-refractivity contribution in [1.82, 2.24) is 10.6 Å². The predicted molar refractivity (Wildman–Crippen MR) is 92.8 cm³/mol. The highest BCUT2D eigenvalue weighted by Crippen LogP contribution is 2.27. The number of benzene rings is 1. The first-order valence-electron chi connectivity index (χ1n) is 6.99. The molecule has 2 N–H and O–H groups in total. The number of likely N-dealkylation sites (N-methyl/N-ethyl adjacent to an activating group) is 1. The highest BCUT2D eigenvalue weighted by atomic mass is 35.5. The number of halogens is 2. The summed E-state index contributed by atoms with van der Waals surface area (Å²) in [6, 6.07) is 10.2. The Morgan fingerprint density at radius 2 is 1.90 bits per heavy atom. The maximum absolute atomic E-state index is 11.6. The predicted octanol–water partition coefficient (Wildman–Crippen LogP) is 2.08. The average molecular weight is 334 g/mol. The Morgan fingerprint density at radius 3 is 2.52 bits per heavy atom. The largest absolute Gasteiger partial charge is 0.373 e. The molecule has 1 saturated carbocycles. The molecule has 0 saturated heterocycles. The minimum Gasteiger partial charge on any atom is -0.373 e. The molecule has 1 amide bonds. The lowest BCUT2D eigenvalue weighted by Gasteiger charge is -2.19. The molecule has 1 aliphatic rings. The van der Waals surface area contributed by atoms with E-state index in [2.05, 4.69) is 27.7 Å². The fourth-order valence-electron chi connectivity index (χ4n) is 1.95. The van der Waals surface area contributed by atoms with Crippen LogP contribution >= 0.6 is 24.8 Å². The van der Waals surface area contributed by atoms with Crippen LogP contribution in [0.25, 0.3) is 0 Å². The molecule has 0 aromatic heterocycles. The summed E-state index contributed by atoms with van der Waals surface area (Å²) in [6.07, 6.45) is 2.63. The summed E-state index contributed by atoms with van der Waals surface area (Å²) in [6.45, 7) is 2.91. The van der Waals surface area contributed by atoms with Crippen LogP contribution in [0, 0.1) is 5.92 Å². The van der Waals surface area contributed by atoms with Gasteiger partial charge >= 0.3 is 0 Å². The molecule has 0 spiro atoms. The van der Waals surface area contributed by atoms with E-state index in [1.54, 1.807) is 0 Å². The Labute approximate surface area is 139 Å². The quantitative estimate of drug-likeness (QED) is 0.765. The number of rotatable bonds is 8. The van der Waals surface area contributed by atoms with Gasteiger partial charge in [0, 0.05) is 25.8 Å². The second-order valence-corrected chi connectivity index (χ2v) is 5.18. The summed E-state index contributed by atoms with van der Waals surface area (Å²) >= 11 is 0. The lowest BCUT2D eigenvalue weighted by atomic mass is 10.3. The fraction of sp³-hybridized carbons (Fsp3) is 0.533. The van der Waals surface area contributed by atoms with Gasteiger partial charge in [-0.05, 0) is 37.4 Å². The van der Waals surface area contributed by atoms with Crippen LogP contribution in [0.5, 0.6) is 0 Å². The van der Waals surface area contributed by atoms with Gasteiger partial charge in [0.05, 0.1) is 6.54 Å². The van der Waals surface area contributed by atoms with Crippen molar-refractivity contribution in [2.45, 2.75) is 12.8 Å². The van der Waals surface area contributed by atoms with Gasteiger partial charge in [-0.2, -0.15) is 0 Å². The van der Waals surface area contributed by atoms with Crippen LogP contribution in [0.1, 0.15) is 12.8 Å². The van der Waals surface area contributed by atoms with Crippen LogP contribution in [0.15, 0.2) is 30.3 Å². The first kappa shape index (κ1) is 20.0. The summed E-state index contributed by atoms with van der Waals surface area (Å²) in [5.41, 5.74) is 1.17. The second kappa shape index (κ2) is 10.7. The molecule has 0 heterocycles. The smallest absolute Gasteiger partial charge is 0.234 e. The number of hydrogen-bond donors (Lipinski definition) is 2. The van der Waals surface area contributed by atoms with Crippen molar-refractivity contribution in [2.24, 2.45) is 5.92 Å². The van der Waals surface area contributed by atoms with E-state index >= 15 is 0 Å². The van der Waals surface area contributed by atoms with Crippen molar-refractivity contribution < 1.29 is 4.79 Å². The number of anilines is 1. The van der Waals surface area contributed by atoms with Gasteiger partial charge in [-0.1, -0.05) is 18.2 Å². The number of nitrogens with one attached hydrogen (secondary N) is 2. The Kier molecular flexibility index (Phi) is 10.2. The molecule has 1 aliphatic carbocycles. The Hall–Kier alpha value is -0.970. The molecule has 0 atom stereocenters. The fourth-order valence-corrected chi connectivity index (χ4v) is 1.95. The van der Waals surface area contributed by atoms with Gasteiger partial charge in [-0.25, -0.2) is 0 Å². The third kappa shape index (κ3) is 8.15. The van der Waals surface area contributed by atoms with Crippen molar-refractivity contribution in [2.75, 3.05) is 38.1 Å². The molecule has 0 unspecified atom stereocenters. The van der Waals surface area contributed by atoms with E-state index in [1.807, 2.05) is 25.2 Å². The molecule has 0 bridgehead atoms. The summed E-state index contributed by atoms with van der Waals surface area (Å²) in [4.78, 5) is 13.7. The summed E-state index contributed by atoms with van der Waals surface area (Å²) in [5.74, 6) is 0.902. The Morgan fingerprint density at radius 1 is 1.24 bits per heavy atom. The monoisotopic (exact) mass is 333 g/mol. The first-order valence-corrected chi connectivity index (χ1v) is 6.99. The number of carbonyl (C=O) groups is 1. The molecule has 0 aliphatic heterocycles. The lowest BCUT2D eigenvalue weighted by Crippen LogP contribution is -2.38. The molecule has 6 heteroatoms. The van der Waals surface area contributed by atoms with Gasteiger partial charge in [0.1, 0.15) is 0 Å². The molecule has 21 heavy (non-hydrogen) atoms. The van der Waals surface area contributed by atoms with E-state index in [0.29, 0.717) is 13.1 Å². The van der Waals surface area contributed by atoms with Gasteiger partial charge < -0.3 is 15.5 Å². The SMILES string of the molecule is CN(CCNC(=O)CNCC1CC1)c1ccccc1.Cl.Cl. The average Bonchev–Trinajstić information content (AvgIpc) is 3.24. The lowest BCUT2D eigenvalue weighted by molar-refractivity contribution is -0.120. The van der Waals surface area contributed by atoms with Gasteiger partial charge in [0.15, 0.2) is 0 Å². The van der Waals surface area contributed by atoms with E-state index in [4.69, 9.17) is 0 Å². The number of amides is 1. The maximum Gasteiger partial charge on any atom is 0.234 e. The van der Waals surface area contributed by atoms with Crippen molar-refractivity contribution >= 4 is 36.4 Å². The topological polar surface area (TPSA) is 44.4 Å². The van der Waals surface area contributed by atoms with Gasteiger partial charge in [-0.15, -0.1) is 24.8 Å². The molecule has 0 radical (unpaired) electrons. The molecule has 1 aromatic rings. The van der Waals surface area contributed by atoms with E-state index < -0.39 is 0 Å². The number of carbonyl (C=O) groups excluding carboxylic acids is 1. The van der Waals surface area contributed by atoms with Crippen LogP contribution in [0.3, 0.4) is 0 Å². The molecule has 1 fully saturated rings. The van der Waals surface area contributed by atoms with E-state index in [9.17, 15) is 4.79 Å². The number of hydrogen-bond acceptors (Lipinski definition) is 3. The standard InChI is InChI=1S/C15H23N3O.2ClH/c1-18(14-5-3-2-4-6-14)10-9-17-15(19)12-16-11-13-7-8-13;;/h2-6,13,16H,7-12H2,1H3,(H,17,19);2*1H. The van der Waals surface area contributed by atoms with Crippen LogP contribution in [0.4, 0.5) is 5.69 Å². The summed E-state index contributed by atoms with van der Waals surface area (Å²) in [7, 11) is 2.03. The zero-order valence-electron chi connectivity index (χ0n) is 12.4. The molecular weight excluding hydrogens is 309 g/mol. The zero-order valence-corrected chi connectivity index (χ0v) is 14.0. The van der Waals surface area contributed by atoms with E-state index in [0.717, 1.165) is 19.0 Å². The molecule has 120 valence electrons. The normalized spacial score (nSPS) is 12.8. The Bertz CT molecular complexity index is 399. The Balaban J connectivity index is 0.00000200. The van der Waals surface area contributed by atoms with Gasteiger partial charge in [0.2, 0.25) is 5.91 Å². The van der Waals surface area contributed by atoms with Crippen LogP contribution in [-0.4, -0.2) is 39.1 Å². The number of para-hydroxylation sites is 1.